The Balaban J connectivity index is 1.71. The van der Waals surface area contributed by atoms with Crippen molar-refractivity contribution < 1.29 is 8.78 Å². The Hall–Kier alpha value is -3.12. The van der Waals surface area contributed by atoms with Crippen LogP contribution in [0.3, 0.4) is 0 Å². The van der Waals surface area contributed by atoms with E-state index in [1.807, 2.05) is 4.90 Å². The van der Waals surface area contributed by atoms with Crippen LogP contribution in [-0.4, -0.2) is 37.8 Å². The van der Waals surface area contributed by atoms with Crippen LogP contribution in [0.15, 0.2) is 30.7 Å². The maximum atomic E-state index is 15.5. The second kappa shape index (κ2) is 7.37. The first-order valence-corrected chi connectivity index (χ1v) is 9.30. The molecule has 1 aliphatic heterocycles. The van der Waals surface area contributed by atoms with E-state index >= 15 is 4.39 Å². The number of pyridine rings is 2. The van der Waals surface area contributed by atoms with E-state index in [9.17, 15) is 9.65 Å². The van der Waals surface area contributed by atoms with Crippen molar-refractivity contribution in [2.45, 2.75) is 18.5 Å². The Kier molecular flexibility index (Phi) is 4.88. The number of piperidine rings is 1. The summed E-state index contributed by atoms with van der Waals surface area (Å²) in [4.78, 5) is 9.91. The molecule has 0 aromatic carbocycles. The molecule has 0 bridgehead atoms. The monoisotopic (exact) mass is 415 g/mol. The molecular formula is C19H16ClF2N7. The fourth-order valence-electron chi connectivity index (χ4n) is 3.63. The lowest BCUT2D eigenvalue weighted by Gasteiger charge is -2.37. The van der Waals surface area contributed by atoms with Crippen LogP contribution in [0.2, 0.25) is 5.15 Å². The van der Waals surface area contributed by atoms with Gasteiger partial charge >= 0.3 is 0 Å². The summed E-state index contributed by atoms with van der Waals surface area (Å²) in [6.07, 6.45) is 3.16. The summed E-state index contributed by atoms with van der Waals surface area (Å²) in [6.45, 7) is 0.673. The van der Waals surface area contributed by atoms with Crippen LogP contribution in [0.4, 0.5) is 14.5 Å². The van der Waals surface area contributed by atoms with Gasteiger partial charge in [-0.2, -0.15) is 9.65 Å². The normalized spacial score (nSPS) is 15.9. The van der Waals surface area contributed by atoms with Crippen molar-refractivity contribution in [2.24, 2.45) is 7.05 Å². The van der Waals surface area contributed by atoms with Crippen molar-refractivity contribution in [2.75, 3.05) is 18.0 Å². The number of nitrogens with zero attached hydrogens (tertiary/aromatic N) is 7. The number of anilines is 1. The number of nitriles is 1. The molecule has 0 atom stereocenters. The third-order valence-corrected chi connectivity index (χ3v) is 5.26. The van der Waals surface area contributed by atoms with Crippen molar-refractivity contribution >= 4 is 17.3 Å². The highest BCUT2D eigenvalue weighted by Crippen LogP contribution is 2.40. The lowest BCUT2D eigenvalue weighted by molar-refractivity contribution is 0.109. The summed E-state index contributed by atoms with van der Waals surface area (Å²) in [5.41, 5.74) is 0.170. The van der Waals surface area contributed by atoms with Crippen LogP contribution < -0.4 is 4.90 Å². The minimum Gasteiger partial charge on any atom is -0.368 e. The highest BCUT2D eigenvalue weighted by atomic mass is 35.5. The molecule has 0 aliphatic carbocycles. The zero-order valence-electron chi connectivity index (χ0n) is 15.5. The molecule has 0 N–H and O–H groups in total. The van der Waals surface area contributed by atoms with Gasteiger partial charge in [-0.25, -0.2) is 14.4 Å². The van der Waals surface area contributed by atoms with E-state index in [-0.39, 0.29) is 23.8 Å². The minimum atomic E-state index is -1.61. The standard InChI is InChI=1S/C19H16ClF2N7/c1-28-11-25-27-18(28)19(22)4-6-29(7-5-19)17-13(9-23)8-14(20)26-16(17)12-2-3-15(21)24-10-12/h2-3,8,10-11H,4-7H2,1H3. The van der Waals surface area contributed by atoms with Gasteiger partial charge in [0.15, 0.2) is 11.5 Å². The molecule has 3 aromatic rings. The van der Waals surface area contributed by atoms with Crippen molar-refractivity contribution in [3.05, 3.63) is 53.2 Å². The van der Waals surface area contributed by atoms with Gasteiger partial charge in [0, 0.05) is 44.7 Å². The van der Waals surface area contributed by atoms with Crippen molar-refractivity contribution in [3.63, 3.8) is 0 Å². The third-order valence-electron chi connectivity index (χ3n) is 5.07. The predicted molar refractivity (Wildman–Crippen MR) is 102 cm³/mol. The lowest BCUT2D eigenvalue weighted by Crippen LogP contribution is -2.42. The summed E-state index contributed by atoms with van der Waals surface area (Å²) in [7, 11) is 1.71. The van der Waals surface area contributed by atoms with E-state index in [1.165, 1.54) is 30.7 Å². The molecular weight excluding hydrogens is 400 g/mol. The highest BCUT2D eigenvalue weighted by Gasteiger charge is 2.41. The van der Waals surface area contributed by atoms with Gasteiger partial charge in [-0.05, 0) is 18.2 Å². The van der Waals surface area contributed by atoms with E-state index in [4.69, 9.17) is 11.6 Å². The number of aryl methyl sites for hydroxylation is 1. The SMILES string of the molecule is Cn1cnnc1C1(F)CCN(c2c(C#N)cc(Cl)nc2-c2ccc(F)nc2)CC1. The van der Waals surface area contributed by atoms with Crippen LogP contribution in [0, 0.1) is 17.3 Å². The van der Waals surface area contributed by atoms with Gasteiger partial charge in [-0.15, -0.1) is 10.2 Å². The van der Waals surface area contributed by atoms with Gasteiger partial charge in [0.25, 0.3) is 0 Å². The van der Waals surface area contributed by atoms with E-state index in [0.29, 0.717) is 35.6 Å². The number of rotatable bonds is 3. The highest BCUT2D eigenvalue weighted by molar-refractivity contribution is 6.29. The molecule has 3 aromatic heterocycles. The topological polar surface area (TPSA) is 83.5 Å². The molecule has 0 unspecified atom stereocenters. The Labute approximate surface area is 170 Å². The Morgan fingerprint density at radius 2 is 2.03 bits per heavy atom. The average Bonchev–Trinajstić information content (AvgIpc) is 3.15. The van der Waals surface area contributed by atoms with E-state index in [1.54, 1.807) is 11.6 Å². The van der Waals surface area contributed by atoms with Crippen LogP contribution in [0.5, 0.6) is 0 Å². The number of halogens is 3. The van der Waals surface area contributed by atoms with Crippen molar-refractivity contribution in [1.82, 2.24) is 24.7 Å². The number of aromatic nitrogens is 5. The molecule has 29 heavy (non-hydrogen) atoms. The fraction of sp³-hybridized carbons (Fsp3) is 0.316. The van der Waals surface area contributed by atoms with Gasteiger partial charge in [-0.3, -0.25) is 0 Å². The molecule has 1 saturated heterocycles. The van der Waals surface area contributed by atoms with Gasteiger partial charge < -0.3 is 9.47 Å². The molecule has 4 rings (SSSR count). The fourth-order valence-corrected chi connectivity index (χ4v) is 3.82. The van der Waals surface area contributed by atoms with E-state index < -0.39 is 11.6 Å². The lowest BCUT2D eigenvalue weighted by atomic mass is 9.91. The maximum Gasteiger partial charge on any atom is 0.212 e. The largest absolute Gasteiger partial charge is 0.368 e. The summed E-state index contributed by atoms with van der Waals surface area (Å²) < 4.78 is 30.3. The molecule has 4 heterocycles. The number of hydrogen-bond donors (Lipinski definition) is 0. The molecule has 0 spiro atoms. The molecule has 0 radical (unpaired) electrons. The number of hydrogen-bond acceptors (Lipinski definition) is 6. The van der Waals surface area contributed by atoms with Crippen LogP contribution in [0.1, 0.15) is 24.2 Å². The Morgan fingerprint density at radius 1 is 1.28 bits per heavy atom. The summed E-state index contributed by atoms with van der Waals surface area (Å²) in [5, 5.41) is 17.5. The smallest absolute Gasteiger partial charge is 0.212 e. The van der Waals surface area contributed by atoms with Gasteiger partial charge in [0.1, 0.15) is 17.5 Å². The molecule has 7 nitrogen and oxygen atoms in total. The van der Waals surface area contributed by atoms with E-state index in [0.717, 1.165) is 0 Å². The van der Waals surface area contributed by atoms with E-state index in [2.05, 4.69) is 26.2 Å². The molecule has 0 saturated carbocycles. The Bertz CT molecular complexity index is 1080. The Morgan fingerprint density at radius 3 is 2.62 bits per heavy atom. The van der Waals surface area contributed by atoms with Gasteiger partial charge in [-0.1, -0.05) is 11.6 Å². The molecule has 0 amide bonds. The zero-order chi connectivity index (χ0) is 20.6. The minimum absolute atomic E-state index is 0.139. The zero-order valence-corrected chi connectivity index (χ0v) is 16.2. The van der Waals surface area contributed by atoms with Crippen molar-refractivity contribution in [3.8, 4) is 17.3 Å². The van der Waals surface area contributed by atoms with Crippen LogP contribution in [-0.2, 0) is 12.7 Å². The van der Waals surface area contributed by atoms with Gasteiger partial charge in [0.05, 0.1) is 16.9 Å². The summed E-state index contributed by atoms with van der Waals surface area (Å²) in [5.74, 6) is -0.337. The van der Waals surface area contributed by atoms with Crippen LogP contribution in [0.25, 0.3) is 11.3 Å². The second-order valence-corrected chi connectivity index (χ2v) is 7.28. The molecule has 148 valence electrons. The average molecular weight is 416 g/mol. The maximum absolute atomic E-state index is 15.5. The second-order valence-electron chi connectivity index (χ2n) is 6.89. The quantitative estimate of drug-likeness (QED) is 0.609. The first kappa shape index (κ1) is 19.2. The molecule has 1 fully saturated rings. The molecule has 1 aliphatic rings. The predicted octanol–water partition coefficient (Wildman–Crippen LogP) is 3.40. The van der Waals surface area contributed by atoms with Crippen molar-refractivity contribution in [1.29, 1.82) is 5.26 Å². The first-order chi connectivity index (χ1) is 13.9. The number of alkyl halides is 1. The summed E-state index contributed by atoms with van der Waals surface area (Å²) in [6, 6.07) is 6.34. The van der Waals surface area contributed by atoms with Crippen LogP contribution >= 0.6 is 11.6 Å². The summed E-state index contributed by atoms with van der Waals surface area (Å²) >= 11 is 6.10. The van der Waals surface area contributed by atoms with Gasteiger partial charge in [0.2, 0.25) is 5.95 Å². The first-order valence-electron chi connectivity index (χ1n) is 8.92. The third kappa shape index (κ3) is 3.51. The molecule has 10 heteroatoms.